The van der Waals surface area contributed by atoms with E-state index >= 15 is 0 Å². The van der Waals surface area contributed by atoms with Gasteiger partial charge in [0.05, 0.1) is 4.90 Å². The number of Topliss-reactive ketones (excluding diaryl/α,β-unsaturated/α-hetero) is 1. The van der Waals surface area contributed by atoms with Crippen LogP contribution in [0.5, 0.6) is 0 Å². The molecule has 0 saturated heterocycles. The molecule has 0 spiro atoms. The van der Waals surface area contributed by atoms with Gasteiger partial charge in [0, 0.05) is 5.56 Å². The second-order valence-corrected chi connectivity index (χ2v) is 8.77. The predicted molar refractivity (Wildman–Crippen MR) is 107 cm³/mol. The van der Waals surface area contributed by atoms with Crippen LogP contribution in [-0.4, -0.2) is 32.8 Å². The zero-order valence-corrected chi connectivity index (χ0v) is 17.2. The van der Waals surface area contributed by atoms with E-state index in [0.717, 1.165) is 11.1 Å². The highest BCUT2D eigenvalue weighted by atomic mass is 32.2. The highest BCUT2D eigenvalue weighted by molar-refractivity contribution is 7.89. The first-order chi connectivity index (χ1) is 13.1. The lowest BCUT2D eigenvalue weighted by molar-refractivity contribution is -0.145. The SMILES string of the molecule is Cc1ccc(C(=O)COC(=O)[C@@H](NS(=O)(=O)c2ccc(C)cc2)C(C)C)cc1. The molecule has 2 rings (SSSR count). The highest BCUT2D eigenvalue weighted by Gasteiger charge is 2.30. The van der Waals surface area contributed by atoms with Crippen LogP contribution >= 0.6 is 0 Å². The summed E-state index contributed by atoms with van der Waals surface area (Å²) in [5.41, 5.74) is 2.37. The second kappa shape index (κ2) is 9.12. The van der Waals surface area contributed by atoms with E-state index in [1.807, 2.05) is 13.8 Å². The van der Waals surface area contributed by atoms with Gasteiger partial charge in [-0.15, -0.1) is 0 Å². The van der Waals surface area contributed by atoms with Crippen molar-refractivity contribution in [2.24, 2.45) is 5.92 Å². The van der Waals surface area contributed by atoms with E-state index in [0.29, 0.717) is 5.56 Å². The van der Waals surface area contributed by atoms with E-state index in [1.165, 1.54) is 12.1 Å². The van der Waals surface area contributed by atoms with E-state index in [9.17, 15) is 18.0 Å². The molecule has 0 aliphatic carbocycles. The molecule has 0 amide bonds. The van der Waals surface area contributed by atoms with E-state index in [-0.39, 0.29) is 16.6 Å². The fourth-order valence-electron chi connectivity index (χ4n) is 2.46. The molecule has 0 fully saturated rings. The van der Waals surface area contributed by atoms with Crippen LogP contribution in [0, 0.1) is 19.8 Å². The summed E-state index contributed by atoms with van der Waals surface area (Å²) in [5.74, 6) is -1.49. The third kappa shape index (κ3) is 5.74. The minimum atomic E-state index is -3.90. The van der Waals surface area contributed by atoms with Crippen LogP contribution in [0.3, 0.4) is 0 Å². The first-order valence-corrected chi connectivity index (χ1v) is 10.4. The summed E-state index contributed by atoms with van der Waals surface area (Å²) in [6, 6.07) is 12.1. The molecule has 2 aromatic carbocycles. The van der Waals surface area contributed by atoms with Crippen molar-refractivity contribution < 1.29 is 22.7 Å². The van der Waals surface area contributed by atoms with Crippen molar-refractivity contribution in [2.75, 3.05) is 6.61 Å². The summed E-state index contributed by atoms with van der Waals surface area (Å²) in [6.45, 7) is 6.71. The van der Waals surface area contributed by atoms with Crippen molar-refractivity contribution in [3.8, 4) is 0 Å². The number of ketones is 1. The number of esters is 1. The number of aryl methyl sites for hydroxylation is 2. The summed E-state index contributed by atoms with van der Waals surface area (Å²) in [4.78, 5) is 24.7. The maximum absolute atomic E-state index is 12.6. The molecule has 0 aromatic heterocycles. The van der Waals surface area contributed by atoms with Gasteiger partial charge in [0.2, 0.25) is 10.0 Å². The van der Waals surface area contributed by atoms with Crippen molar-refractivity contribution in [1.82, 2.24) is 4.72 Å². The summed E-state index contributed by atoms with van der Waals surface area (Å²) in [5, 5.41) is 0. The third-order valence-electron chi connectivity index (χ3n) is 4.25. The molecule has 1 N–H and O–H groups in total. The smallest absolute Gasteiger partial charge is 0.324 e. The number of sulfonamides is 1. The van der Waals surface area contributed by atoms with Gasteiger partial charge < -0.3 is 4.74 Å². The van der Waals surface area contributed by atoms with Crippen LogP contribution in [0.25, 0.3) is 0 Å². The topological polar surface area (TPSA) is 89.5 Å². The number of carbonyl (C=O) groups excluding carboxylic acids is 2. The lowest BCUT2D eigenvalue weighted by Gasteiger charge is -2.20. The fraction of sp³-hybridized carbons (Fsp3) is 0.333. The quantitative estimate of drug-likeness (QED) is 0.541. The number of carbonyl (C=O) groups is 2. The molecule has 28 heavy (non-hydrogen) atoms. The molecule has 0 saturated carbocycles. The van der Waals surface area contributed by atoms with Crippen LogP contribution in [0.1, 0.15) is 35.3 Å². The Bertz CT molecular complexity index is 932. The Morgan fingerprint density at radius 1 is 0.929 bits per heavy atom. The summed E-state index contributed by atoms with van der Waals surface area (Å²) in [6.07, 6.45) is 0. The Kier molecular flexibility index (Phi) is 7.10. The normalized spacial score (nSPS) is 12.6. The molecular weight excluding hydrogens is 378 g/mol. The van der Waals surface area contributed by atoms with Gasteiger partial charge in [0.25, 0.3) is 0 Å². The number of hydrogen-bond donors (Lipinski definition) is 1. The third-order valence-corrected chi connectivity index (χ3v) is 5.71. The zero-order valence-electron chi connectivity index (χ0n) is 16.4. The number of benzene rings is 2. The minimum Gasteiger partial charge on any atom is -0.456 e. The lowest BCUT2D eigenvalue weighted by Crippen LogP contribution is -2.45. The van der Waals surface area contributed by atoms with Gasteiger partial charge in [-0.25, -0.2) is 8.42 Å². The number of hydrogen-bond acceptors (Lipinski definition) is 5. The maximum Gasteiger partial charge on any atom is 0.324 e. The van der Waals surface area contributed by atoms with E-state index in [2.05, 4.69) is 4.72 Å². The average Bonchev–Trinajstić information content (AvgIpc) is 2.64. The van der Waals surface area contributed by atoms with Gasteiger partial charge in [0.15, 0.2) is 12.4 Å². The molecule has 0 aliphatic rings. The maximum atomic E-state index is 12.6. The van der Waals surface area contributed by atoms with Gasteiger partial charge in [-0.1, -0.05) is 61.4 Å². The van der Waals surface area contributed by atoms with Crippen LogP contribution in [0.15, 0.2) is 53.4 Å². The van der Waals surface area contributed by atoms with Crippen LogP contribution in [-0.2, 0) is 19.6 Å². The van der Waals surface area contributed by atoms with Crippen molar-refractivity contribution in [3.63, 3.8) is 0 Å². The van der Waals surface area contributed by atoms with E-state index in [1.54, 1.807) is 50.2 Å². The first kappa shape index (κ1) is 21.8. The Labute approximate surface area is 166 Å². The minimum absolute atomic E-state index is 0.0623. The molecule has 1 atom stereocenters. The van der Waals surface area contributed by atoms with Crippen molar-refractivity contribution in [1.29, 1.82) is 0 Å². The Morgan fingerprint density at radius 3 is 1.93 bits per heavy atom. The monoisotopic (exact) mass is 403 g/mol. The Balaban J connectivity index is 2.06. The van der Waals surface area contributed by atoms with Gasteiger partial charge in [0.1, 0.15) is 6.04 Å². The molecule has 0 aliphatic heterocycles. The summed E-state index contributed by atoms with van der Waals surface area (Å²) in [7, 11) is -3.90. The van der Waals surface area contributed by atoms with Gasteiger partial charge in [-0.2, -0.15) is 4.72 Å². The van der Waals surface area contributed by atoms with Crippen LogP contribution in [0.2, 0.25) is 0 Å². The van der Waals surface area contributed by atoms with Crippen LogP contribution in [0.4, 0.5) is 0 Å². The van der Waals surface area contributed by atoms with Crippen molar-refractivity contribution >= 4 is 21.8 Å². The molecule has 2 aromatic rings. The molecule has 0 bridgehead atoms. The van der Waals surface area contributed by atoms with Crippen LogP contribution < -0.4 is 4.72 Å². The molecule has 7 heteroatoms. The molecule has 6 nitrogen and oxygen atoms in total. The average molecular weight is 404 g/mol. The van der Waals surface area contributed by atoms with Gasteiger partial charge >= 0.3 is 5.97 Å². The predicted octanol–water partition coefficient (Wildman–Crippen LogP) is 3.03. The fourth-order valence-corrected chi connectivity index (χ4v) is 3.79. The van der Waals surface area contributed by atoms with Crippen molar-refractivity contribution in [3.05, 3.63) is 65.2 Å². The number of nitrogens with one attached hydrogen (secondary N) is 1. The molecule has 0 heterocycles. The molecule has 150 valence electrons. The Hall–Kier alpha value is -2.51. The van der Waals surface area contributed by atoms with E-state index < -0.39 is 28.6 Å². The second-order valence-electron chi connectivity index (χ2n) is 7.05. The molecule has 0 unspecified atom stereocenters. The highest BCUT2D eigenvalue weighted by Crippen LogP contribution is 2.14. The zero-order chi connectivity index (χ0) is 20.9. The number of rotatable bonds is 8. The molecular formula is C21H25NO5S. The van der Waals surface area contributed by atoms with Crippen molar-refractivity contribution in [2.45, 2.75) is 38.6 Å². The lowest BCUT2D eigenvalue weighted by atomic mass is 10.1. The molecule has 0 radical (unpaired) electrons. The van der Waals surface area contributed by atoms with Gasteiger partial charge in [-0.05, 0) is 31.9 Å². The summed E-state index contributed by atoms with van der Waals surface area (Å²) < 4.78 is 32.6. The Morgan fingerprint density at radius 2 is 1.43 bits per heavy atom. The first-order valence-electron chi connectivity index (χ1n) is 8.95. The standard InChI is InChI=1S/C21H25NO5S/c1-14(2)20(22-28(25,26)18-11-7-16(4)8-12-18)21(24)27-13-19(23)17-9-5-15(3)6-10-17/h5-12,14,20,22H,13H2,1-4H3/t20-/m0/s1. The van der Waals surface area contributed by atoms with Gasteiger partial charge in [-0.3, -0.25) is 9.59 Å². The summed E-state index contributed by atoms with van der Waals surface area (Å²) >= 11 is 0. The van der Waals surface area contributed by atoms with E-state index in [4.69, 9.17) is 4.74 Å². The largest absolute Gasteiger partial charge is 0.456 e. The number of ether oxygens (including phenoxy) is 1.